The molecule has 1 N–H and O–H groups in total. The van der Waals surface area contributed by atoms with Gasteiger partial charge in [0.2, 0.25) is 0 Å². The summed E-state index contributed by atoms with van der Waals surface area (Å²) in [5.74, 6) is -0.106. The molecule has 1 amide bonds. The van der Waals surface area contributed by atoms with Gasteiger partial charge in [-0.05, 0) is 19.8 Å². The lowest BCUT2D eigenvalue weighted by molar-refractivity contribution is -0.385. The molecule has 1 aliphatic rings. The molecular formula is C13H18N2O4S. The number of carbonyl (C=O) groups is 1. The zero-order chi connectivity index (χ0) is 14.9. The van der Waals surface area contributed by atoms with Crippen LogP contribution in [0.25, 0.3) is 0 Å². The lowest BCUT2D eigenvalue weighted by Gasteiger charge is -2.22. The molecule has 1 aromatic rings. The number of thiophene rings is 1. The Labute approximate surface area is 121 Å². The first-order valence-electron chi connectivity index (χ1n) is 6.58. The summed E-state index contributed by atoms with van der Waals surface area (Å²) in [4.78, 5) is 25.1. The molecule has 1 fully saturated rings. The highest BCUT2D eigenvalue weighted by molar-refractivity contribution is 7.14. The first-order chi connectivity index (χ1) is 9.40. The number of aryl methyl sites for hydroxylation is 1. The van der Waals surface area contributed by atoms with Crippen LogP contribution in [0.2, 0.25) is 0 Å². The van der Waals surface area contributed by atoms with E-state index in [1.54, 1.807) is 18.9 Å². The molecule has 0 spiro atoms. The van der Waals surface area contributed by atoms with E-state index >= 15 is 0 Å². The van der Waals surface area contributed by atoms with Crippen LogP contribution in [-0.4, -0.2) is 40.5 Å². The molecule has 1 heterocycles. The fraction of sp³-hybridized carbons (Fsp3) is 0.615. The SMILES string of the molecule is Cc1sc(C(=O)N(C)CC2CCCC2O)cc1[N+](=O)[O-]. The topological polar surface area (TPSA) is 83.7 Å². The molecular weight excluding hydrogens is 280 g/mol. The van der Waals surface area contributed by atoms with E-state index in [1.165, 1.54) is 6.07 Å². The first-order valence-corrected chi connectivity index (χ1v) is 7.40. The summed E-state index contributed by atoms with van der Waals surface area (Å²) in [5, 5.41) is 20.6. The van der Waals surface area contributed by atoms with Crippen LogP contribution in [0.4, 0.5) is 5.69 Å². The van der Waals surface area contributed by atoms with Gasteiger partial charge in [0.25, 0.3) is 11.6 Å². The van der Waals surface area contributed by atoms with Crippen LogP contribution in [-0.2, 0) is 0 Å². The zero-order valence-electron chi connectivity index (χ0n) is 11.5. The van der Waals surface area contributed by atoms with Crippen LogP contribution in [0, 0.1) is 23.0 Å². The maximum Gasteiger partial charge on any atom is 0.283 e. The van der Waals surface area contributed by atoms with Crippen molar-refractivity contribution in [3.63, 3.8) is 0 Å². The van der Waals surface area contributed by atoms with Gasteiger partial charge >= 0.3 is 0 Å². The molecule has 0 aromatic carbocycles. The van der Waals surface area contributed by atoms with Gasteiger partial charge in [-0.15, -0.1) is 11.3 Å². The fourth-order valence-corrected chi connectivity index (χ4v) is 3.59. The molecule has 2 rings (SSSR count). The van der Waals surface area contributed by atoms with Crippen LogP contribution in [0.3, 0.4) is 0 Å². The van der Waals surface area contributed by atoms with Crippen molar-refractivity contribution < 1.29 is 14.8 Å². The summed E-state index contributed by atoms with van der Waals surface area (Å²) in [6.45, 7) is 2.13. The smallest absolute Gasteiger partial charge is 0.283 e. The minimum atomic E-state index is -0.469. The van der Waals surface area contributed by atoms with E-state index in [4.69, 9.17) is 0 Å². The van der Waals surface area contributed by atoms with Gasteiger partial charge in [-0.25, -0.2) is 0 Å². The highest BCUT2D eigenvalue weighted by Crippen LogP contribution is 2.30. The third-order valence-electron chi connectivity index (χ3n) is 3.77. The second-order valence-electron chi connectivity index (χ2n) is 5.25. The number of hydrogen-bond acceptors (Lipinski definition) is 5. The molecule has 1 aromatic heterocycles. The number of hydrogen-bond donors (Lipinski definition) is 1. The standard InChI is InChI=1S/C13H18N2O4S/c1-8-10(15(18)19)6-12(20-8)13(17)14(2)7-9-4-3-5-11(9)16/h6,9,11,16H,3-5,7H2,1-2H3. The van der Waals surface area contributed by atoms with Gasteiger partial charge < -0.3 is 10.0 Å². The van der Waals surface area contributed by atoms with E-state index in [1.807, 2.05) is 0 Å². The van der Waals surface area contributed by atoms with Gasteiger partial charge in [0.1, 0.15) is 0 Å². The number of nitrogens with zero attached hydrogens (tertiary/aromatic N) is 2. The number of carbonyl (C=O) groups excluding carboxylic acids is 1. The van der Waals surface area contributed by atoms with Gasteiger partial charge in [-0.1, -0.05) is 6.42 Å². The second-order valence-corrected chi connectivity index (χ2v) is 6.51. The van der Waals surface area contributed by atoms with Crippen LogP contribution in [0.5, 0.6) is 0 Å². The molecule has 6 nitrogen and oxygen atoms in total. The molecule has 20 heavy (non-hydrogen) atoms. The van der Waals surface area contributed by atoms with Crippen LogP contribution < -0.4 is 0 Å². The third kappa shape index (κ3) is 2.99. The number of rotatable bonds is 4. The Morgan fingerprint density at radius 2 is 2.30 bits per heavy atom. The lowest BCUT2D eigenvalue weighted by Crippen LogP contribution is -2.34. The summed E-state index contributed by atoms with van der Waals surface area (Å²) < 4.78 is 0. The average Bonchev–Trinajstić information content (AvgIpc) is 2.95. The maximum atomic E-state index is 12.3. The molecule has 2 atom stereocenters. The average molecular weight is 298 g/mol. The van der Waals surface area contributed by atoms with Crippen molar-refractivity contribution in [3.8, 4) is 0 Å². The Balaban J connectivity index is 2.06. The quantitative estimate of drug-likeness (QED) is 0.682. The molecule has 0 bridgehead atoms. The van der Waals surface area contributed by atoms with E-state index in [0.29, 0.717) is 16.3 Å². The van der Waals surface area contributed by atoms with Crippen molar-refractivity contribution >= 4 is 22.9 Å². The van der Waals surface area contributed by atoms with E-state index in [0.717, 1.165) is 30.6 Å². The van der Waals surface area contributed by atoms with Gasteiger partial charge in [0.05, 0.1) is 20.8 Å². The van der Waals surface area contributed by atoms with Crippen LogP contribution >= 0.6 is 11.3 Å². The molecule has 2 unspecified atom stereocenters. The van der Waals surface area contributed by atoms with Crippen molar-refractivity contribution in [1.29, 1.82) is 0 Å². The van der Waals surface area contributed by atoms with Crippen LogP contribution in [0.15, 0.2) is 6.07 Å². The van der Waals surface area contributed by atoms with Crippen LogP contribution in [0.1, 0.15) is 33.8 Å². The third-order valence-corrected chi connectivity index (χ3v) is 4.80. The van der Waals surface area contributed by atoms with Crippen molar-refractivity contribution in [2.45, 2.75) is 32.3 Å². The lowest BCUT2D eigenvalue weighted by atomic mass is 10.1. The summed E-state index contributed by atoms with van der Waals surface area (Å²) in [5.41, 5.74) is -0.00680. The molecule has 0 saturated heterocycles. The number of aliphatic hydroxyl groups is 1. The van der Waals surface area contributed by atoms with Crippen molar-refractivity contribution in [1.82, 2.24) is 4.90 Å². The number of amides is 1. The Hall–Kier alpha value is -1.47. The Morgan fingerprint density at radius 1 is 1.60 bits per heavy atom. The van der Waals surface area contributed by atoms with Crippen molar-refractivity contribution in [2.75, 3.05) is 13.6 Å². The minimum absolute atomic E-state index is 0.00680. The van der Waals surface area contributed by atoms with Gasteiger partial charge in [0.15, 0.2) is 0 Å². The predicted octanol–water partition coefficient (Wildman–Crippen LogP) is 2.20. The number of nitro groups is 1. The van der Waals surface area contributed by atoms with Crippen molar-refractivity contribution in [2.24, 2.45) is 5.92 Å². The first kappa shape index (κ1) is 14.9. The van der Waals surface area contributed by atoms with Crippen molar-refractivity contribution in [3.05, 3.63) is 25.9 Å². The minimum Gasteiger partial charge on any atom is -0.393 e. The second kappa shape index (κ2) is 5.88. The molecule has 1 aliphatic carbocycles. The number of aliphatic hydroxyl groups excluding tert-OH is 1. The maximum absolute atomic E-state index is 12.3. The summed E-state index contributed by atoms with van der Waals surface area (Å²) in [6.07, 6.45) is 2.35. The highest BCUT2D eigenvalue weighted by Gasteiger charge is 2.29. The monoisotopic (exact) mass is 298 g/mol. The highest BCUT2D eigenvalue weighted by atomic mass is 32.1. The normalized spacial score (nSPS) is 21.9. The summed E-state index contributed by atoms with van der Waals surface area (Å²) in [6, 6.07) is 1.34. The molecule has 110 valence electrons. The summed E-state index contributed by atoms with van der Waals surface area (Å²) in [7, 11) is 1.67. The predicted molar refractivity (Wildman–Crippen MR) is 76.0 cm³/mol. The Morgan fingerprint density at radius 3 is 2.80 bits per heavy atom. The van der Waals surface area contributed by atoms with E-state index in [2.05, 4.69) is 0 Å². The van der Waals surface area contributed by atoms with E-state index < -0.39 is 4.92 Å². The van der Waals surface area contributed by atoms with Gasteiger partial charge in [0, 0.05) is 25.6 Å². The summed E-state index contributed by atoms with van der Waals surface area (Å²) >= 11 is 1.14. The molecule has 1 saturated carbocycles. The van der Waals surface area contributed by atoms with E-state index in [9.17, 15) is 20.0 Å². The Kier molecular flexibility index (Phi) is 4.39. The Bertz CT molecular complexity index is 528. The molecule has 0 aliphatic heterocycles. The fourth-order valence-electron chi connectivity index (χ4n) is 2.61. The van der Waals surface area contributed by atoms with Gasteiger partial charge in [-0.3, -0.25) is 14.9 Å². The zero-order valence-corrected chi connectivity index (χ0v) is 12.4. The largest absolute Gasteiger partial charge is 0.393 e. The molecule has 0 radical (unpaired) electrons. The van der Waals surface area contributed by atoms with Gasteiger partial charge in [-0.2, -0.15) is 0 Å². The van der Waals surface area contributed by atoms with E-state index in [-0.39, 0.29) is 23.6 Å². The molecule has 7 heteroatoms.